The number of halogens is 1. The molecule has 0 saturated carbocycles. The Morgan fingerprint density at radius 2 is 2.05 bits per heavy atom. The quantitative estimate of drug-likeness (QED) is 0.353. The molecular weight excluding hydrogens is 507 g/mol. The molecule has 0 radical (unpaired) electrons. The standard InChI is InChI=1S/C27H25FN6O5/c1-15(35)22-14-32(8-9-39-22)17-2-5-23(29-11-17)31-20-4-3-18(19-13-34(27(37)38)26(36)25(19)20)21-12-30-24-10-16(28)6-7-33(21)24/h2-7,10-12,15,22,35H,8-9,13-14H2,1H3,(H,29,31)(H,37,38)/t15-,22-/m0/s1. The van der Waals surface area contributed by atoms with Crippen LogP contribution >= 0.6 is 0 Å². The monoisotopic (exact) mass is 532 g/mol. The third kappa shape index (κ3) is 4.43. The summed E-state index contributed by atoms with van der Waals surface area (Å²) in [6, 6.07) is 9.74. The Hall–Kier alpha value is -4.55. The predicted octanol–water partition coefficient (Wildman–Crippen LogP) is 3.50. The fourth-order valence-electron chi connectivity index (χ4n) is 5.06. The number of imidazole rings is 1. The van der Waals surface area contributed by atoms with E-state index in [1.54, 1.807) is 48.1 Å². The third-order valence-corrected chi connectivity index (χ3v) is 7.08. The molecule has 0 unspecified atom stereocenters. The Bertz CT molecular complexity index is 1590. The number of aromatic nitrogens is 3. The molecule has 2 aliphatic heterocycles. The van der Waals surface area contributed by atoms with E-state index in [9.17, 15) is 24.2 Å². The zero-order valence-electron chi connectivity index (χ0n) is 20.9. The van der Waals surface area contributed by atoms with E-state index in [0.717, 1.165) is 10.6 Å². The lowest BCUT2D eigenvalue weighted by Crippen LogP contribution is -2.47. The van der Waals surface area contributed by atoms with E-state index in [-0.39, 0.29) is 18.2 Å². The molecule has 0 aliphatic carbocycles. The van der Waals surface area contributed by atoms with E-state index in [1.807, 2.05) is 6.07 Å². The summed E-state index contributed by atoms with van der Waals surface area (Å²) in [4.78, 5) is 36.6. The number of fused-ring (bicyclic) bond motifs is 2. The Morgan fingerprint density at radius 1 is 1.21 bits per heavy atom. The van der Waals surface area contributed by atoms with Crippen LogP contribution in [0.4, 0.5) is 26.4 Å². The number of rotatable bonds is 5. The number of ether oxygens (including phenoxy) is 1. The fraction of sp³-hybridized carbons (Fsp3) is 0.259. The number of imide groups is 1. The lowest BCUT2D eigenvalue weighted by molar-refractivity contribution is -0.0364. The van der Waals surface area contributed by atoms with Crippen molar-refractivity contribution in [3.63, 3.8) is 0 Å². The molecule has 4 aromatic rings. The number of anilines is 3. The van der Waals surface area contributed by atoms with Crippen LogP contribution in [-0.2, 0) is 11.3 Å². The van der Waals surface area contributed by atoms with Gasteiger partial charge in [0.05, 0.1) is 54.3 Å². The number of carbonyl (C=O) groups excluding carboxylic acids is 1. The summed E-state index contributed by atoms with van der Waals surface area (Å²) in [7, 11) is 0. The average molecular weight is 533 g/mol. The first-order valence-electron chi connectivity index (χ1n) is 12.4. The van der Waals surface area contributed by atoms with Gasteiger partial charge in [0.15, 0.2) is 0 Å². The second-order valence-corrected chi connectivity index (χ2v) is 9.53. The Balaban J connectivity index is 1.33. The van der Waals surface area contributed by atoms with Crippen LogP contribution in [0.25, 0.3) is 16.9 Å². The molecule has 12 heteroatoms. The molecule has 0 spiro atoms. The van der Waals surface area contributed by atoms with Gasteiger partial charge in [-0.3, -0.25) is 9.20 Å². The smallest absolute Gasteiger partial charge is 0.414 e. The molecule has 200 valence electrons. The number of benzene rings is 1. The molecule has 11 nitrogen and oxygen atoms in total. The number of aliphatic hydroxyl groups excluding tert-OH is 1. The molecule has 2 amide bonds. The molecule has 5 heterocycles. The highest BCUT2D eigenvalue weighted by Gasteiger charge is 2.37. The predicted molar refractivity (Wildman–Crippen MR) is 140 cm³/mol. The second kappa shape index (κ2) is 9.64. The van der Waals surface area contributed by atoms with Crippen molar-refractivity contribution in [2.75, 3.05) is 29.9 Å². The van der Waals surface area contributed by atoms with Crippen LogP contribution in [0.5, 0.6) is 0 Å². The highest BCUT2D eigenvalue weighted by molar-refractivity contribution is 6.11. The molecule has 1 aromatic carbocycles. The Labute approximate surface area is 222 Å². The first-order valence-corrected chi connectivity index (χ1v) is 12.4. The van der Waals surface area contributed by atoms with Crippen LogP contribution in [-0.4, -0.2) is 73.4 Å². The number of amides is 2. The molecule has 2 atom stereocenters. The minimum absolute atomic E-state index is 0.128. The SMILES string of the molecule is C[C@H](O)[C@@H]1CN(c2ccc(Nc3ccc(-c4cnc5cc(F)ccn45)c4c3C(=O)N(C(=O)O)C4)nc2)CCO1. The molecule has 2 aliphatic rings. The van der Waals surface area contributed by atoms with Crippen molar-refractivity contribution in [3.8, 4) is 11.3 Å². The average Bonchev–Trinajstić information content (AvgIpc) is 3.50. The van der Waals surface area contributed by atoms with Crippen molar-refractivity contribution >= 4 is 34.8 Å². The number of hydrogen-bond acceptors (Lipinski definition) is 8. The van der Waals surface area contributed by atoms with Crippen molar-refractivity contribution in [1.82, 2.24) is 19.3 Å². The maximum Gasteiger partial charge on any atom is 0.414 e. The van der Waals surface area contributed by atoms with Gasteiger partial charge in [0.25, 0.3) is 5.91 Å². The van der Waals surface area contributed by atoms with E-state index >= 15 is 0 Å². The van der Waals surface area contributed by atoms with E-state index in [4.69, 9.17) is 4.74 Å². The van der Waals surface area contributed by atoms with Gasteiger partial charge in [-0.15, -0.1) is 0 Å². The van der Waals surface area contributed by atoms with Crippen molar-refractivity contribution < 1.29 is 28.9 Å². The molecule has 39 heavy (non-hydrogen) atoms. The van der Waals surface area contributed by atoms with Crippen molar-refractivity contribution in [1.29, 1.82) is 0 Å². The van der Waals surface area contributed by atoms with E-state index in [2.05, 4.69) is 20.2 Å². The molecule has 3 aromatic heterocycles. The van der Waals surface area contributed by atoms with Gasteiger partial charge < -0.3 is 25.2 Å². The van der Waals surface area contributed by atoms with Crippen LogP contribution in [0.15, 0.2) is 55.0 Å². The van der Waals surface area contributed by atoms with Crippen LogP contribution in [0.3, 0.4) is 0 Å². The highest BCUT2D eigenvalue weighted by atomic mass is 19.1. The van der Waals surface area contributed by atoms with Crippen molar-refractivity contribution in [2.24, 2.45) is 0 Å². The number of morpholine rings is 1. The van der Waals surface area contributed by atoms with Crippen LogP contribution in [0, 0.1) is 5.82 Å². The maximum atomic E-state index is 13.7. The van der Waals surface area contributed by atoms with Gasteiger partial charge >= 0.3 is 6.09 Å². The highest BCUT2D eigenvalue weighted by Crippen LogP contribution is 2.38. The number of nitrogens with one attached hydrogen (secondary N) is 1. The van der Waals surface area contributed by atoms with Crippen LogP contribution < -0.4 is 10.2 Å². The summed E-state index contributed by atoms with van der Waals surface area (Å²) in [5, 5.41) is 22.7. The minimum atomic E-state index is -1.35. The number of nitrogens with zero attached hydrogens (tertiary/aromatic N) is 5. The topological polar surface area (TPSA) is 133 Å². The number of hydrogen-bond donors (Lipinski definition) is 3. The van der Waals surface area contributed by atoms with Gasteiger partial charge in [-0.05, 0) is 36.8 Å². The minimum Gasteiger partial charge on any atom is -0.465 e. The second-order valence-electron chi connectivity index (χ2n) is 9.53. The van der Waals surface area contributed by atoms with Crippen molar-refractivity contribution in [2.45, 2.75) is 25.7 Å². The van der Waals surface area contributed by atoms with Gasteiger partial charge in [0.1, 0.15) is 23.4 Å². The first-order chi connectivity index (χ1) is 18.8. The third-order valence-electron chi connectivity index (χ3n) is 7.08. The molecule has 0 bridgehead atoms. The summed E-state index contributed by atoms with van der Waals surface area (Å²) >= 11 is 0. The molecule has 1 saturated heterocycles. The summed E-state index contributed by atoms with van der Waals surface area (Å²) < 4.78 is 21.0. The number of carbonyl (C=O) groups is 2. The molecule has 6 rings (SSSR count). The molecule has 1 fully saturated rings. The van der Waals surface area contributed by atoms with Gasteiger partial charge in [0, 0.05) is 30.9 Å². The van der Waals surface area contributed by atoms with Gasteiger partial charge in [-0.2, -0.15) is 0 Å². The lowest BCUT2D eigenvalue weighted by Gasteiger charge is -2.35. The summed E-state index contributed by atoms with van der Waals surface area (Å²) in [5.74, 6) is -0.594. The number of carboxylic acid groups (broad SMARTS) is 1. The molecular formula is C27H25FN6O5. The summed E-state index contributed by atoms with van der Waals surface area (Å²) in [6.07, 6.45) is 2.59. The lowest BCUT2D eigenvalue weighted by atomic mass is 9.99. The number of aliphatic hydroxyl groups is 1. The largest absolute Gasteiger partial charge is 0.465 e. The first kappa shape index (κ1) is 24.8. The zero-order valence-corrected chi connectivity index (χ0v) is 20.9. The van der Waals surface area contributed by atoms with E-state index in [1.165, 1.54) is 12.1 Å². The van der Waals surface area contributed by atoms with Crippen LogP contribution in [0.1, 0.15) is 22.8 Å². The summed E-state index contributed by atoms with van der Waals surface area (Å²) in [5.41, 5.74) is 3.66. The van der Waals surface area contributed by atoms with Gasteiger partial charge in [-0.25, -0.2) is 24.1 Å². The van der Waals surface area contributed by atoms with Crippen LogP contribution in [0.2, 0.25) is 0 Å². The normalized spacial score (nSPS) is 17.9. The summed E-state index contributed by atoms with van der Waals surface area (Å²) in [6.45, 7) is 3.28. The van der Waals surface area contributed by atoms with Gasteiger partial charge in [0.2, 0.25) is 0 Å². The van der Waals surface area contributed by atoms with E-state index < -0.39 is 23.9 Å². The fourth-order valence-corrected chi connectivity index (χ4v) is 5.06. The van der Waals surface area contributed by atoms with Gasteiger partial charge in [-0.1, -0.05) is 6.07 Å². The Kier molecular flexibility index (Phi) is 6.12. The Morgan fingerprint density at radius 3 is 2.79 bits per heavy atom. The molecule has 3 N–H and O–H groups in total. The maximum absolute atomic E-state index is 13.7. The zero-order chi connectivity index (χ0) is 27.3. The number of pyridine rings is 2. The van der Waals surface area contributed by atoms with E-state index in [0.29, 0.717) is 53.7 Å². The van der Waals surface area contributed by atoms with Crippen molar-refractivity contribution in [3.05, 3.63) is 71.9 Å².